The highest BCUT2D eigenvalue weighted by Crippen LogP contribution is 2.24. The van der Waals surface area contributed by atoms with Crippen molar-refractivity contribution < 1.29 is 13.9 Å². The molecule has 0 atom stereocenters. The third-order valence-electron chi connectivity index (χ3n) is 2.86. The summed E-state index contributed by atoms with van der Waals surface area (Å²) < 4.78 is 18.3. The number of aromatic hydroxyl groups is 1. The summed E-state index contributed by atoms with van der Waals surface area (Å²) in [7, 11) is 0. The lowest BCUT2D eigenvalue weighted by Crippen LogP contribution is -2.02. The highest BCUT2D eigenvalue weighted by atomic mass is 19.1. The van der Waals surface area contributed by atoms with Gasteiger partial charge in [-0.2, -0.15) is 0 Å². The predicted octanol–water partition coefficient (Wildman–Crippen LogP) is 3.30. The molecular weight excluding hydrogens is 247 g/mol. The van der Waals surface area contributed by atoms with Crippen LogP contribution in [-0.2, 0) is 0 Å². The summed E-state index contributed by atoms with van der Waals surface area (Å²) in [5.41, 5.74) is 0.482. The fourth-order valence-corrected chi connectivity index (χ4v) is 1.96. The van der Waals surface area contributed by atoms with E-state index in [1.165, 1.54) is 30.3 Å². The predicted molar refractivity (Wildman–Crippen MR) is 69.5 cm³/mol. The lowest BCUT2D eigenvalue weighted by atomic mass is 10.1. The Bertz CT molecular complexity index is 821. The van der Waals surface area contributed by atoms with Gasteiger partial charge in [0.05, 0.1) is 5.56 Å². The number of hydrogen-bond acceptors (Lipinski definition) is 3. The SMILES string of the molecule is O=c1oc2cc(O)ccc2cc1-c1cccc(F)c1. The van der Waals surface area contributed by atoms with Crippen molar-refractivity contribution in [3.8, 4) is 16.9 Å². The monoisotopic (exact) mass is 256 g/mol. The molecule has 1 heterocycles. The maximum Gasteiger partial charge on any atom is 0.344 e. The van der Waals surface area contributed by atoms with Gasteiger partial charge in [-0.3, -0.25) is 0 Å². The van der Waals surface area contributed by atoms with Crippen LogP contribution in [0.3, 0.4) is 0 Å². The van der Waals surface area contributed by atoms with Crippen LogP contribution in [0.5, 0.6) is 5.75 Å². The molecule has 1 N–H and O–H groups in total. The first-order chi connectivity index (χ1) is 9.13. The van der Waals surface area contributed by atoms with Crippen LogP contribution in [0.25, 0.3) is 22.1 Å². The molecule has 0 aliphatic carbocycles. The van der Waals surface area contributed by atoms with E-state index in [0.717, 1.165) is 0 Å². The Labute approximate surface area is 107 Å². The number of hydrogen-bond donors (Lipinski definition) is 1. The highest BCUT2D eigenvalue weighted by molar-refractivity contribution is 5.82. The summed E-state index contributed by atoms with van der Waals surface area (Å²) in [4.78, 5) is 11.9. The number of halogens is 1. The van der Waals surface area contributed by atoms with Crippen molar-refractivity contribution in [2.45, 2.75) is 0 Å². The Morgan fingerprint density at radius 2 is 1.89 bits per heavy atom. The third-order valence-corrected chi connectivity index (χ3v) is 2.86. The number of benzene rings is 2. The zero-order chi connectivity index (χ0) is 13.4. The summed E-state index contributed by atoms with van der Waals surface area (Å²) in [5.74, 6) is -0.392. The quantitative estimate of drug-likeness (QED) is 0.679. The van der Waals surface area contributed by atoms with E-state index in [0.29, 0.717) is 16.5 Å². The molecule has 4 heteroatoms. The van der Waals surface area contributed by atoms with Gasteiger partial charge < -0.3 is 9.52 Å². The molecule has 2 aromatic carbocycles. The summed E-state index contributed by atoms with van der Waals surface area (Å²) in [6.45, 7) is 0. The van der Waals surface area contributed by atoms with Gasteiger partial charge in [-0.05, 0) is 35.9 Å². The summed E-state index contributed by atoms with van der Waals surface area (Å²) in [6.07, 6.45) is 0. The maximum atomic E-state index is 13.2. The molecule has 0 saturated carbocycles. The van der Waals surface area contributed by atoms with Crippen molar-refractivity contribution in [2.24, 2.45) is 0 Å². The Kier molecular flexibility index (Phi) is 2.56. The van der Waals surface area contributed by atoms with E-state index in [2.05, 4.69) is 0 Å². The molecule has 19 heavy (non-hydrogen) atoms. The van der Waals surface area contributed by atoms with Gasteiger partial charge in [-0.25, -0.2) is 9.18 Å². The van der Waals surface area contributed by atoms with Crippen molar-refractivity contribution >= 4 is 11.0 Å². The number of phenolic OH excluding ortho intramolecular Hbond substituents is 1. The molecule has 0 fully saturated rings. The van der Waals surface area contributed by atoms with E-state index >= 15 is 0 Å². The fourth-order valence-electron chi connectivity index (χ4n) is 1.96. The van der Waals surface area contributed by atoms with Crippen LogP contribution >= 0.6 is 0 Å². The van der Waals surface area contributed by atoms with Crippen LogP contribution in [0.2, 0.25) is 0 Å². The Morgan fingerprint density at radius 1 is 1.05 bits per heavy atom. The summed E-state index contributed by atoms with van der Waals surface area (Å²) in [5, 5.41) is 10.00. The third kappa shape index (κ3) is 2.08. The minimum Gasteiger partial charge on any atom is -0.508 e. The first kappa shape index (κ1) is 11.5. The van der Waals surface area contributed by atoms with E-state index in [1.807, 2.05) is 0 Å². The largest absolute Gasteiger partial charge is 0.508 e. The Hall–Kier alpha value is -2.62. The minimum absolute atomic E-state index is 0.0224. The van der Waals surface area contributed by atoms with Crippen molar-refractivity contribution in [2.75, 3.05) is 0 Å². The zero-order valence-corrected chi connectivity index (χ0v) is 9.76. The summed E-state index contributed by atoms with van der Waals surface area (Å²) >= 11 is 0. The second-order valence-corrected chi connectivity index (χ2v) is 4.18. The average Bonchev–Trinajstić information content (AvgIpc) is 2.37. The highest BCUT2D eigenvalue weighted by Gasteiger charge is 2.08. The first-order valence-corrected chi connectivity index (χ1v) is 5.66. The molecule has 94 valence electrons. The van der Waals surface area contributed by atoms with Gasteiger partial charge >= 0.3 is 5.63 Å². The standard InChI is InChI=1S/C15H9FO3/c16-11-3-1-2-9(6-11)13-7-10-4-5-12(17)8-14(10)19-15(13)18/h1-8,17H. The molecule has 0 aliphatic heterocycles. The summed E-state index contributed by atoms with van der Waals surface area (Å²) in [6, 6.07) is 11.9. The minimum atomic E-state index is -0.566. The maximum absolute atomic E-state index is 13.2. The molecule has 0 amide bonds. The second-order valence-electron chi connectivity index (χ2n) is 4.18. The molecule has 0 spiro atoms. The molecular formula is C15H9FO3. The van der Waals surface area contributed by atoms with E-state index < -0.39 is 11.4 Å². The van der Waals surface area contributed by atoms with Crippen molar-refractivity contribution in [1.29, 1.82) is 0 Å². The van der Waals surface area contributed by atoms with E-state index in [4.69, 9.17) is 4.42 Å². The lowest BCUT2D eigenvalue weighted by molar-refractivity contribution is 0.473. The molecule has 0 unspecified atom stereocenters. The van der Waals surface area contributed by atoms with Crippen LogP contribution < -0.4 is 5.63 Å². The second kappa shape index (κ2) is 4.24. The van der Waals surface area contributed by atoms with E-state index in [1.54, 1.807) is 18.2 Å². The average molecular weight is 256 g/mol. The van der Waals surface area contributed by atoms with Gasteiger partial charge in [-0.1, -0.05) is 12.1 Å². The van der Waals surface area contributed by atoms with Gasteiger partial charge in [-0.15, -0.1) is 0 Å². The van der Waals surface area contributed by atoms with Gasteiger partial charge in [0.15, 0.2) is 0 Å². The number of phenols is 1. The zero-order valence-electron chi connectivity index (χ0n) is 9.76. The molecule has 3 aromatic rings. The first-order valence-electron chi connectivity index (χ1n) is 5.66. The fraction of sp³-hybridized carbons (Fsp3) is 0. The van der Waals surface area contributed by atoms with Crippen molar-refractivity contribution in [3.63, 3.8) is 0 Å². The van der Waals surface area contributed by atoms with Crippen LogP contribution in [0.1, 0.15) is 0 Å². The lowest BCUT2D eigenvalue weighted by Gasteiger charge is -2.03. The normalized spacial score (nSPS) is 10.8. The van der Waals surface area contributed by atoms with E-state index in [9.17, 15) is 14.3 Å². The molecule has 0 aliphatic rings. The van der Waals surface area contributed by atoms with Gasteiger partial charge in [0.25, 0.3) is 0 Å². The Morgan fingerprint density at radius 3 is 2.68 bits per heavy atom. The Balaban J connectivity index is 2.28. The van der Waals surface area contributed by atoms with Crippen molar-refractivity contribution in [1.82, 2.24) is 0 Å². The number of fused-ring (bicyclic) bond motifs is 1. The molecule has 0 radical (unpaired) electrons. The number of rotatable bonds is 1. The van der Waals surface area contributed by atoms with Crippen LogP contribution in [0.4, 0.5) is 4.39 Å². The van der Waals surface area contributed by atoms with Crippen LogP contribution in [-0.4, -0.2) is 5.11 Å². The molecule has 1 aromatic heterocycles. The van der Waals surface area contributed by atoms with Crippen LogP contribution in [0.15, 0.2) is 57.7 Å². The van der Waals surface area contributed by atoms with E-state index in [-0.39, 0.29) is 11.3 Å². The van der Waals surface area contributed by atoms with Crippen LogP contribution in [0, 0.1) is 5.82 Å². The molecule has 0 saturated heterocycles. The smallest absolute Gasteiger partial charge is 0.344 e. The van der Waals surface area contributed by atoms with Gasteiger partial charge in [0, 0.05) is 11.5 Å². The van der Waals surface area contributed by atoms with Gasteiger partial charge in [0.1, 0.15) is 17.1 Å². The molecule has 3 nitrogen and oxygen atoms in total. The molecule has 0 bridgehead atoms. The topological polar surface area (TPSA) is 50.4 Å². The van der Waals surface area contributed by atoms with Gasteiger partial charge in [0.2, 0.25) is 0 Å². The molecule has 3 rings (SSSR count). The van der Waals surface area contributed by atoms with Crippen molar-refractivity contribution in [3.05, 3.63) is 64.8 Å².